The van der Waals surface area contributed by atoms with Crippen molar-refractivity contribution in [3.05, 3.63) is 0 Å². The third-order valence-electron chi connectivity index (χ3n) is 1.86. The second kappa shape index (κ2) is 4.21. The van der Waals surface area contributed by atoms with Gasteiger partial charge in [0.2, 0.25) is 0 Å². The van der Waals surface area contributed by atoms with Crippen LogP contribution in [0, 0.1) is 0 Å². The Hall–Kier alpha value is -0.730. The van der Waals surface area contributed by atoms with Gasteiger partial charge in [-0.2, -0.15) is 0 Å². The number of amides is 1. The highest BCUT2D eigenvalue weighted by atomic mass is 16.5. The maximum atomic E-state index is 10.9. The predicted molar refractivity (Wildman–Crippen MR) is 42.4 cm³/mol. The molecule has 64 valence electrons. The first kappa shape index (κ1) is 8.37. The molecule has 1 rings (SSSR count). The molecule has 0 bridgehead atoms. The Morgan fingerprint density at radius 1 is 1.64 bits per heavy atom. The topological polar surface area (TPSA) is 38.3 Å². The number of rotatable bonds is 3. The normalized spacial score (nSPS) is 17.2. The van der Waals surface area contributed by atoms with E-state index in [1.54, 1.807) is 0 Å². The molecule has 0 radical (unpaired) electrons. The maximum Gasteiger partial charge on any atom is 0.407 e. The van der Waals surface area contributed by atoms with Crippen LogP contribution < -0.4 is 5.32 Å². The van der Waals surface area contributed by atoms with E-state index in [2.05, 4.69) is 5.32 Å². The number of alkyl carbamates (subject to hydrolysis) is 1. The van der Waals surface area contributed by atoms with E-state index in [-0.39, 0.29) is 6.09 Å². The molecule has 0 aromatic carbocycles. The van der Waals surface area contributed by atoms with Crippen LogP contribution in [-0.2, 0) is 4.74 Å². The van der Waals surface area contributed by atoms with Crippen molar-refractivity contribution in [2.45, 2.75) is 38.6 Å². The van der Waals surface area contributed by atoms with Gasteiger partial charge in [-0.25, -0.2) is 4.79 Å². The van der Waals surface area contributed by atoms with Gasteiger partial charge >= 0.3 is 6.09 Å². The Kier molecular flexibility index (Phi) is 3.20. The van der Waals surface area contributed by atoms with Crippen LogP contribution in [0.1, 0.15) is 32.6 Å². The summed E-state index contributed by atoms with van der Waals surface area (Å²) in [5.74, 6) is 0. The molecule has 0 heterocycles. The van der Waals surface area contributed by atoms with Crippen molar-refractivity contribution >= 4 is 6.09 Å². The molecule has 1 aliphatic rings. The third-order valence-corrected chi connectivity index (χ3v) is 1.86. The van der Waals surface area contributed by atoms with E-state index in [1.165, 1.54) is 6.42 Å². The summed E-state index contributed by atoms with van der Waals surface area (Å²) in [5.41, 5.74) is 0. The lowest BCUT2D eigenvalue weighted by molar-refractivity contribution is 0.136. The monoisotopic (exact) mass is 157 g/mol. The molecule has 0 aromatic heterocycles. The predicted octanol–water partition coefficient (Wildman–Crippen LogP) is 1.68. The van der Waals surface area contributed by atoms with Crippen molar-refractivity contribution < 1.29 is 9.53 Å². The van der Waals surface area contributed by atoms with Crippen molar-refractivity contribution in [1.82, 2.24) is 5.32 Å². The lowest BCUT2D eigenvalue weighted by Crippen LogP contribution is -2.39. The first-order valence-electron chi connectivity index (χ1n) is 4.26. The van der Waals surface area contributed by atoms with Gasteiger partial charge in [-0.05, 0) is 25.7 Å². The van der Waals surface area contributed by atoms with Crippen molar-refractivity contribution in [3.8, 4) is 0 Å². The lowest BCUT2D eigenvalue weighted by atomic mass is 9.93. The summed E-state index contributed by atoms with van der Waals surface area (Å²) in [5, 5.41) is 2.79. The number of ether oxygens (including phenoxy) is 1. The van der Waals surface area contributed by atoms with Crippen LogP contribution in [0.4, 0.5) is 4.79 Å². The van der Waals surface area contributed by atoms with Crippen LogP contribution in [0.15, 0.2) is 0 Å². The minimum absolute atomic E-state index is 0.253. The molecule has 0 aromatic rings. The molecule has 0 unspecified atom stereocenters. The van der Waals surface area contributed by atoms with Gasteiger partial charge in [0.25, 0.3) is 0 Å². The maximum absolute atomic E-state index is 10.9. The fraction of sp³-hybridized carbons (Fsp3) is 0.875. The second-order valence-corrected chi connectivity index (χ2v) is 2.91. The Morgan fingerprint density at radius 2 is 2.36 bits per heavy atom. The van der Waals surface area contributed by atoms with E-state index in [0.717, 1.165) is 19.3 Å². The molecule has 1 fully saturated rings. The number of hydrogen-bond donors (Lipinski definition) is 1. The molecular formula is C8H15NO2. The number of nitrogens with one attached hydrogen (secondary N) is 1. The Labute approximate surface area is 67.1 Å². The summed E-state index contributed by atoms with van der Waals surface area (Å²) in [4.78, 5) is 10.9. The molecule has 3 nitrogen and oxygen atoms in total. The van der Waals surface area contributed by atoms with Crippen LogP contribution in [0.3, 0.4) is 0 Å². The van der Waals surface area contributed by atoms with Gasteiger partial charge < -0.3 is 10.1 Å². The lowest BCUT2D eigenvalue weighted by Gasteiger charge is -2.25. The van der Waals surface area contributed by atoms with Gasteiger partial charge in [-0.3, -0.25) is 0 Å². The van der Waals surface area contributed by atoms with Crippen molar-refractivity contribution in [2.24, 2.45) is 0 Å². The van der Waals surface area contributed by atoms with E-state index < -0.39 is 0 Å². The van der Waals surface area contributed by atoms with Crippen LogP contribution in [0.25, 0.3) is 0 Å². The summed E-state index contributed by atoms with van der Waals surface area (Å²) in [6.07, 6.45) is 4.09. The molecule has 1 saturated carbocycles. The van der Waals surface area contributed by atoms with Gasteiger partial charge in [-0.1, -0.05) is 6.92 Å². The van der Waals surface area contributed by atoms with Crippen LogP contribution in [0.5, 0.6) is 0 Å². The highest BCUT2D eigenvalue weighted by Gasteiger charge is 2.19. The molecule has 3 heteroatoms. The van der Waals surface area contributed by atoms with Gasteiger partial charge in [0, 0.05) is 6.04 Å². The second-order valence-electron chi connectivity index (χ2n) is 2.91. The molecule has 11 heavy (non-hydrogen) atoms. The molecule has 1 N–H and O–H groups in total. The van der Waals surface area contributed by atoms with E-state index in [4.69, 9.17) is 4.74 Å². The van der Waals surface area contributed by atoms with Crippen LogP contribution in [-0.4, -0.2) is 18.7 Å². The van der Waals surface area contributed by atoms with Crippen LogP contribution in [0.2, 0.25) is 0 Å². The summed E-state index contributed by atoms with van der Waals surface area (Å²) in [6, 6.07) is 0.388. The number of carbonyl (C=O) groups is 1. The quantitative estimate of drug-likeness (QED) is 0.676. The number of hydrogen-bond acceptors (Lipinski definition) is 2. The molecule has 0 spiro atoms. The highest BCUT2D eigenvalue weighted by molar-refractivity contribution is 5.67. The SMILES string of the molecule is CCCOC(=O)NC1CCC1. The van der Waals surface area contributed by atoms with E-state index in [9.17, 15) is 4.79 Å². The fourth-order valence-corrected chi connectivity index (χ4v) is 0.956. The molecule has 1 aliphatic carbocycles. The average molecular weight is 157 g/mol. The first-order chi connectivity index (χ1) is 5.33. The minimum atomic E-state index is -0.253. The van der Waals surface area contributed by atoms with Gasteiger partial charge in [0.1, 0.15) is 0 Å². The fourth-order valence-electron chi connectivity index (χ4n) is 0.956. The Bertz CT molecular complexity index is 132. The molecule has 0 saturated heterocycles. The van der Waals surface area contributed by atoms with E-state index in [0.29, 0.717) is 12.6 Å². The minimum Gasteiger partial charge on any atom is -0.450 e. The standard InChI is InChI=1S/C8H15NO2/c1-2-6-11-8(10)9-7-4-3-5-7/h7H,2-6H2,1H3,(H,9,10). The van der Waals surface area contributed by atoms with E-state index >= 15 is 0 Å². The first-order valence-corrected chi connectivity index (χ1v) is 4.26. The summed E-state index contributed by atoms with van der Waals surface area (Å²) in [6.45, 7) is 2.51. The zero-order chi connectivity index (χ0) is 8.10. The largest absolute Gasteiger partial charge is 0.450 e. The van der Waals surface area contributed by atoms with Gasteiger partial charge in [0.15, 0.2) is 0 Å². The average Bonchev–Trinajstić information content (AvgIpc) is 1.93. The summed E-state index contributed by atoms with van der Waals surface area (Å²) >= 11 is 0. The molecular weight excluding hydrogens is 142 g/mol. The third kappa shape index (κ3) is 2.78. The highest BCUT2D eigenvalue weighted by Crippen LogP contribution is 2.17. The number of carbonyl (C=O) groups excluding carboxylic acids is 1. The zero-order valence-electron chi connectivity index (χ0n) is 6.93. The van der Waals surface area contributed by atoms with Crippen molar-refractivity contribution in [1.29, 1.82) is 0 Å². The van der Waals surface area contributed by atoms with Gasteiger partial charge in [0.05, 0.1) is 6.61 Å². The van der Waals surface area contributed by atoms with E-state index in [1.807, 2.05) is 6.92 Å². The Morgan fingerprint density at radius 3 is 2.82 bits per heavy atom. The van der Waals surface area contributed by atoms with Crippen molar-refractivity contribution in [3.63, 3.8) is 0 Å². The molecule has 1 amide bonds. The summed E-state index contributed by atoms with van der Waals surface area (Å²) in [7, 11) is 0. The molecule has 0 atom stereocenters. The van der Waals surface area contributed by atoms with Crippen LogP contribution >= 0.6 is 0 Å². The van der Waals surface area contributed by atoms with Crippen molar-refractivity contribution in [2.75, 3.05) is 6.61 Å². The Balaban J connectivity index is 2.00. The smallest absolute Gasteiger partial charge is 0.407 e. The van der Waals surface area contributed by atoms with Gasteiger partial charge in [-0.15, -0.1) is 0 Å². The summed E-state index contributed by atoms with van der Waals surface area (Å²) < 4.78 is 4.85. The molecule has 0 aliphatic heterocycles. The zero-order valence-corrected chi connectivity index (χ0v) is 6.93.